The van der Waals surface area contributed by atoms with Gasteiger partial charge in [-0.1, -0.05) is 24.3 Å². The predicted octanol–water partition coefficient (Wildman–Crippen LogP) is 3.23. The number of benzene rings is 2. The molecule has 4 nitrogen and oxygen atoms in total. The molecule has 0 bridgehead atoms. The van der Waals surface area contributed by atoms with E-state index in [2.05, 4.69) is 10.6 Å². The molecule has 0 radical (unpaired) electrons. The summed E-state index contributed by atoms with van der Waals surface area (Å²) in [4.78, 5) is 12.4. The number of para-hydroxylation sites is 1. The molecule has 0 saturated heterocycles. The van der Waals surface area contributed by atoms with Gasteiger partial charge in [0.2, 0.25) is 0 Å². The molecule has 2 rings (SSSR count). The molecule has 110 valence electrons. The van der Waals surface area contributed by atoms with Crippen LogP contribution in [0.15, 0.2) is 48.5 Å². The van der Waals surface area contributed by atoms with E-state index in [1.165, 1.54) is 0 Å². The minimum Gasteiger partial charge on any atom is -0.497 e. The van der Waals surface area contributed by atoms with Gasteiger partial charge in [-0.3, -0.25) is 4.79 Å². The Labute approximate surface area is 125 Å². The van der Waals surface area contributed by atoms with E-state index in [0.717, 1.165) is 17.0 Å². The summed E-state index contributed by atoms with van der Waals surface area (Å²) >= 11 is 0. The molecule has 0 heterocycles. The zero-order valence-electron chi connectivity index (χ0n) is 12.5. The van der Waals surface area contributed by atoms with Crippen LogP contribution in [-0.2, 0) is 0 Å². The van der Waals surface area contributed by atoms with Gasteiger partial charge in [-0.15, -0.1) is 0 Å². The fourth-order valence-corrected chi connectivity index (χ4v) is 2.17. The molecule has 0 aliphatic carbocycles. The molecule has 0 fully saturated rings. The van der Waals surface area contributed by atoms with E-state index in [1.54, 1.807) is 20.2 Å². The van der Waals surface area contributed by atoms with Crippen molar-refractivity contribution in [1.82, 2.24) is 5.32 Å². The second-order valence-electron chi connectivity index (χ2n) is 4.77. The Morgan fingerprint density at radius 1 is 1.14 bits per heavy atom. The highest BCUT2D eigenvalue weighted by atomic mass is 16.5. The van der Waals surface area contributed by atoms with Crippen LogP contribution in [-0.4, -0.2) is 20.1 Å². The van der Waals surface area contributed by atoms with Crippen molar-refractivity contribution in [3.8, 4) is 5.75 Å². The van der Waals surface area contributed by atoms with Gasteiger partial charge in [0, 0.05) is 12.7 Å². The number of anilines is 1. The van der Waals surface area contributed by atoms with Crippen LogP contribution >= 0.6 is 0 Å². The SMILES string of the molecule is CNc1ccccc1C(=O)NC(C)c1cccc(OC)c1. The molecule has 2 aromatic rings. The monoisotopic (exact) mass is 284 g/mol. The molecule has 1 amide bonds. The zero-order chi connectivity index (χ0) is 15.2. The number of nitrogens with one attached hydrogen (secondary N) is 2. The van der Waals surface area contributed by atoms with Crippen LogP contribution in [0.2, 0.25) is 0 Å². The van der Waals surface area contributed by atoms with E-state index in [-0.39, 0.29) is 11.9 Å². The summed E-state index contributed by atoms with van der Waals surface area (Å²) in [6, 6.07) is 15.0. The Balaban J connectivity index is 2.15. The summed E-state index contributed by atoms with van der Waals surface area (Å²) in [5, 5.41) is 6.03. The average Bonchev–Trinajstić information content (AvgIpc) is 2.54. The Bertz CT molecular complexity index is 626. The lowest BCUT2D eigenvalue weighted by atomic mass is 10.1. The molecule has 0 saturated carbocycles. The minimum atomic E-state index is -0.102. The molecular weight excluding hydrogens is 264 g/mol. The Morgan fingerprint density at radius 3 is 2.62 bits per heavy atom. The van der Waals surface area contributed by atoms with Gasteiger partial charge in [-0.2, -0.15) is 0 Å². The molecule has 1 atom stereocenters. The van der Waals surface area contributed by atoms with Crippen LogP contribution in [0.25, 0.3) is 0 Å². The third kappa shape index (κ3) is 3.54. The summed E-state index contributed by atoms with van der Waals surface area (Å²) in [7, 11) is 3.43. The molecule has 2 aromatic carbocycles. The topological polar surface area (TPSA) is 50.4 Å². The number of hydrogen-bond donors (Lipinski definition) is 2. The molecule has 4 heteroatoms. The number of methoxy groups -OCH3 is 1. The maximum atomic E-state index is 12.4. The number of carbonyl (C=O) groups is 1. The lowest BCUT2D eigenvalue weighted by Gasteiger charge is -2.16. The summed E-state index contributed by atoms with van der Waals surface area (Å²) < 4.78 is 5.21. The van der Waals surface area contributed by atoms with E-state index in [4.69, 9.17) is 4.74 Å². The molecular formula is C17H20N2O2. The van der Waals surface area contributed by atoms with Gasteiger partial charge in [0.25, 0.3) is 5.91 Å². The normalized spacial score (nSPS) is 11.6. The molecule has 0 aliphatic heterocycles. The molecule has 1 unspecified atom stereocenters. The van der Waals surface area contributed by atoms with Crippen molar-refractivity contribution >= 4 is 11.6 Å². The predicted molar refractivity (Wildman–Crippen MR) is 84.9 cm³/mol. The van der Waals surface area contributed by atoms with Gasteiger partial charge in [0.15, 0.2) is 0 Å². The van der Waals surface area contributed by atoms with Crippen molar-refractivity contribution in [2.75, 3.05) is 19.5 Å². The van der Waals surface area contributed by atoms with Crippen molar-refractivity contribution in [2.24, 2.45) is 0 Å². The number of ether oxygens (including phenoxy) is 1. The zero-order valence-corrected chi connectivity index (χ0v) is 12.5. The highest BCUT2D eigenvalue weighted by Crippen LogP contribution is 2.20. The maximum Gasteiger partial charge on any atom is 0.253 e. The lowest BCUT2D eigenvalue weighted by molar-refractivity contribution is 0.0940. The molecule has 21 heavy (non-hydrogen) atoms. The second kappa shape index (κ2) is 6.79. The second-order valence-corrected chi connectivity index (χ2v) is 4.77. The molecule has 0 aliphatic rings. The lowest BCUT2D eigenvalue weighted by Crippen LogP contribution is -2.27. The maximum absolute atomic E-state index is 12.4. The quantitative estimate of drug-likeness (QED) is 0.886. The highest BCUT2D eigenvalue weighted by molar-refractivity contribution is 5.99. The van der Waals surface area contributed by atoms with E-state index in [9.17, 15) is 4.79 Å². The first-order chi connectivity index (χ1) is 10.2. The number of carbonyl (C=O) groups excluding carboxylic acids is 1. The van der Waals surface area contributed by atoms with E-state index < -0.39 is 0 Å². The standard InChI is InChI=1S/C17H20N2O2/c1-12(13-7-6-8-14(11-13)21-3)19-17(20)15-9-4-5-10-16(15)18-2/h4-12,18H,1-3H3,(H,19,20). The van der Waals surface area contributed by atoms with Crippen molar-refractivity contribution in [3.05, 3.63) is 59.7 Å². The summed E-state index contributed by atoms with van der Waals surface area (Å²) in [6.07, 6.45) is 0. The smallest absolute Gasteiger partial charge is 0.253 e. The average molecular weight is 284 g/mol. The summed E-state index contributed by atoms with van der Waals surface area (Å²) in [6.45, 7) is 1.95. The van der Waals surface area contributed by atoms with E-state index in [0.29, 0.717) is 5.56 Å². The number of hydrogen-bond acceptors (Lipinski definition) is 3. The van der Waals surface area contributed by atoms with E-state index in [1.807, 2.05) is 49.4 Å². The van der Waals surface area contributed by atoms with Crippen LogP contribution in [0.3, 0.4) is 0 Å². The Kier molecular flexibility index (Phi) is 4.82. The van der Waals surface area contributed by atoms with Crippen LogP contribution in [0.5, 0.6) is 5.75 Å². The first-order valence-electron chi connectivity index (χ1n) is 6.87. The van der Waals surface area contributed by atoms with Crippen LogP contribution in [0.4, 0.5) is 5.69 Å². The minimum absolute atomic E-state index is 0.0995. The summed E-state index contributed by atoms with van der Waals surface area (Å²) in [5.74, 6) is 0.680. The van der Waals surface area contributed by atoms with E-state index >= 15 is 0 Å². The fourth-order valence-electron chi connectivity index (χ4n) is 2.17. The Morgan fingerprint density at radius 2 is 1.90 bits per heavy atom. The molecule has 0 aromatic heterocycles. The van der Waals surface area contributed by atoms with Gasteiger partial charge < -0.3 is 15.4 Å². The van der Waals surface area contributed by atoms with Crippen molar-refractivity contribution in [3.63, 3.8) is 0 Å². The Hall–Kier alpha value is -2.49. The van der Waals surface area contributed by atoms with Gasteiger partial charge in [-0.05, 0) is 36.8 Å². The summed E-state index contributed by atoms with van der Waals surface area (Å²) in [5.41, 5.74) is 2.45. The molecule has 2 N–H and O–H groups in total. The van der Waals surface area contributed by atoms with Gasteiger partial charge in [-0.25, -0.2) is 0 Å². The van der Waals surface area contributed by atoms with Gasteiger partial charge in [0.05, 0.1) is 18.7 Å². The third-order valence-electron chi connectivity index (χ3n) is 3.38. The largest absolute Gasteiger partial charge is 0.497 e. The molecule has 0 spiro atoms. The van der Waals surface area contributed by atoms with Crippen molar-refractivity contribution < 1.29 is 9.53 Å². The highest BCUT2D eigenvalue weighted by Gasteiger charge is 2.14. The van der Waals surface area contributed by atoms with Gasteiger partial charge >= 0.3 is 0 Å². The third-order valence-corrected chi connectivity index (χ3v) is 3.38. The number of rotatable bonds is 5. The van der Waals surface area contributed by atoms with Crippen LogP contribution in [0, 0.1) is 0 Å². The van der Waals surface area contributed by atoms with Crippen LogP contribution in [0.1, 0.15) is 28.9 Å². The van der Waals surface area contributed by atoms with Crippen molar-refractivity contribution in [1.29, 1.82) is 0 Å². The van der Waals surface area contributed by atoms with Crippen LogP contribution < -0.4 is 15.4 Å². The fraction of sp³-hybridized carbons (Fsp3) is 0.235. The number of amides is 1. The van der Waals surface area contributed by atoms with Crippen molar-refractivity contribution in [2.45, 2.75) is 13.0 Å². The first kappa shape index (κ1) is 14.9. The van der Waals surface area contributed by atoms with Gasteiger partial charge in [0.1, 0.15) is 5.75 Å². The first-order valence-corrected chi connectivity index (χ1v) is 6.87.